The smallest absolute Gasteiger partial charge is 0.271 e. The van der Waals surface area contributed by atoms with E-state index in [0.717, 1.165) is 17.0 Å². The molecule has 1 amide bonds. The minimum absolute atomic E-state index is 0.253. The Hall–Kier alpha value is -2.69. The molecule has 0 radical (unpaired) electrons. The van der Waals surface area contributed by atoms with Gasteiger partial charge < -0.3 is 4.74 Å². The first-order valence-electron chi connectivity index (χ1n) is 6.66. The van der Waals surface area contributed by atoms with Crippen LogP contribution in [0.1, 0.15) is 29.3 Å². The second-order valence-electron chi connectivity index (χ2n) is 4.32. The molecular weight excluding hydrogens is 266 g/mol. The van der Waals surface area contributed by atoms with Crippen LogP contribution < -0.4 is 10.2 Å². The predicted molar refractivity (Wildman–Crippen MR) is 81.5 cm³/mol. The molecule has 0 unspecified atom stereocenters. The molecule has 0 saturated heterocycles. The SMILES string of the molecule is CC/C(=N\NC(=O)c1ccncc1)c1ccc(OC)cc1. The van der Waals surface area contributed by atoms with Gasteiger partial charge in [-0.05, 0) is 48.4 Å². The number of nitrogens with one attached hydrogen (secondary N) is 1. The maximum absolute atomic E-state index is 11.9. The summed E-state index contributed by atoms with van der Waals surface area (Å²) in [7, 11) is 1.62. The zero-order valence-corrected chi connectivity index (χ0v) is 12.0. The minimum atomic E-state index is -0.253. The zero-order chi connectivity index (χ0) is 15.1. The van der Waals surface area contributed by atoms with E-state index in [1.165, 1.54) is 0 Å². The quantitative estimate of drug-likeness (QED) is 0.677. The summed E-state index contributed by atoms with van der Waals surface area (Å²) in [5.41, 5.74) is 4.85. The Bertz CT molecular complexity index is 622. The van der Waals surface area contributed by atoms with Gasteiger partial charge in [-0.2, -0.15) is 5.10 Å². The van der Waals surface area contributed by atoms with Gasteiger partial charge in [0, 0.05) is 18.0 Å². The van der Waals surface area contributed by atoms with Crippen LogP contribution in [0.25, 0.3) is 0 Å². The van der Waals surface area contributed by atoms with Gasteiger partial charge in [0.15, 0.2) is 0 Å². The van der Waals surface area contributed by atoms with Crippen molar-refractivity contribution in [3.8, 4) is 5.75 Å². The van der Waals surface area contributed by atoms with Crippen molar-refractivity contribution in [3.05, 3.63) is 59.9 Å². The van der Waals surface area contributed by atoms with Crippen LogP contribution in [0, 0.1) is 0 Å². The summed E-state index contributed by atoms with van der Waals surface area (Å²) in [5.74, 6) is 0.534. The van der Waals surface area contributed by atoms with E-state index in [1.54, 1.807) is 31.6 Å². The molecule has 5 heteroatoms. The normalized spacial score (nSPS) is 11.0. The maximum atomic E-state index is 11.9. The average Bonchev–Trinajstić information content (AvgIpc) is 2.56. The zero-order valence-electron chi connectivity index (χ0n) is 12.0. The first-order chi connectivity index (χ1) is 10.2. The number of aromatic nitrogens is 1. The van der Waals surface area contributed by atoms with E-state index in [0.29, 0.717) is 12.0 Å². The van der Waals surface area contributed by atoms with Crippen LogP contribution in [0.15, 0.2) is 53.9 Å². The van der Waals surface area contributed by atoms with Crippen molar-refractivity contribution in [1.29, 1.82) is 0 Å². The van der Waals surface area contributed by atoms with Gasteiger partial charge in [-0.1, -0.05) is 6.92 Å². The molecule has 5 nitrogen and oxygen atoms in total. The van der Waals surface area contributed by atoms with Crippen molar-refractivity contribution in [2.75, 3.05) is 7.11 Å². The Morgan fingerprint density at radius 2 is 1.81 bits per heavy atom. The third kappa shape index (κ3) is 3.89. The number of carbonyl (C=O) groups excluding carboxylic acids is 1. The minimum Gasteiger partial charge on any atom is -0.497 e. The molecule has 0 bridgehead atoms. The first-order valence-corrected chi connectivity index (χ1v) is 6.66. The standard InChI is InChI=1S/C16H17N3O2/c1-3-15(12-4-6-14(21-2)7-5-12)18-19-16(20)13-8-10-17-11-9-13/h4-11H,3H2,1-2H3,(H,19,20)/b18-15+. The van der Waals surface area contributed by atoms with E-state index >= 15 is 0 Å². The molecule has 0 saturated carbocycles. The van der Waals surface area contributed by atoms with E-state index in [4.69, 9.17) is 4.74 Å². The number of carbonyl (C=O) groups is 1. The van der Waals surface area contributed by atoms with Gasteiger partial charge in [0.2, 0.25) is 0 Å². The van der Waals surface area contributed by atoms with Crippen LogP contribution >= 0.6 is 0 Å². The number of rotatable bonds is 5. The van der Waals surface area contributed by atoms with Crippen LogP contribution in [0.4, 0.5) is 0 Å². The molecule has 0 aliphatic rings. The van der Waals surface area contributed by atoms with Gasteiger partial charge in [0.05, 0.1) is 12.8 Å². The summed E-state index contributed by atoms with van der Waals surface area (Å²) in [6.45, 7) is 1.99. The molecule has 1 aromatic heterocycles. The number of ether oxygens (including phenoxy) is 1. The Balaban J connectivity index is 2.11. The number of hydrogen-bond donors (Lipinski definition) is 1. The van der Waals surface area contributed by atoms with E-state index in [1.807, 2.05) is 31.2 Å². The van der Waals surface area contributed by atoms with Gasteiger partial charge in [0.1, 0.15) is 5.75 Å². The summed E-state index contributed by atoms with van der Waals surface area (Å²) in [5, 5.41) is 4.20. The van der Waals surface area contributed by atoms with Crippen molar-refractivity contribution in [2.45, 2.75) is 13.3 Å². The van der Waals surface area contributed by atoms with E-state index in [9.17, 15) is 4.79 Å². The number of hydrogen-bond acceptors (Lipinski definition) is 4. The number of benzene rings is 1. The predicted octanol–water partition coefficient (Wildman–Crippen LogP) is 2.63. The Morgan fingerprint density at radius 3 is 2.38 bits per heavy atom. The highest BCUT2D eigenvalue weighted by Gasteiger charge is 2.06. The molecule has 0 aliphatic heterocycles. The van der Waals surface area contributed by atoms with Crippen molar-refractivity contribution in [3.63, 3.8) is 0 Å². The molecule has 1 heterocycles. The molecule has 2 aromatic rings. The van der Waals surface area contributed by atoms with Gasteiger partial charge in [0.25, 0.3) is 5.91 Å². The van der Waals surface area contributed by atoms with Crippen LogP contribution in [-0.4, -0.2) is 23.7 Å². The second kappa shape index (κ2) is 7.19. The monoisotopic (exact) mass is 283 g/mol. The van der Waals surface area contributed by atoms with E-state index in [2.05, 4.69) is 15.5 Å². The lowest BCUT2D eigenvalue weighted by atomic mass is 10.1. The van der Waals surface area contributed by atoms with E-state index in [-0.39, 0.29) is 5.91 Å². The Kier molecular flexibility index (Phi) is 5.04. The molecule has 0 aliphatic carbocycles. The van der Waals surface area contributed by atoms with Crippen LogP contribution in [-0.2, 0) is 0 Å². The van der Waals surface area contributed by atoms with Crippen molar-refractivity contribution >= 4 is 11.6 Å². The number of hydrazone groups is 1. The summed E-state index contributed by atoms with van der Waals surface area (Å²) in [6.07, 6.45) is 3.86. The van der Waals surface area contributed by atoms with Crippen molar-refractivity contribution in [1.82, 2.24) is 10.4 Å². The lowest BCUT2D eigenvalue weighted by Crippen LogP contribution is -2.20. The number of pyridine rings is 1. The fourth-order valence-corrected chi connectivity index (χ4v) is 1.82. The van der Waals surface area contributed by atoms with Crippen LogP contribution in [0.2, 0.25) is 0 Å². The Labute approximate surface area is 123 Å². The molecule has 0 spiro atoms. The third-order valence-corrected chi connectivity index (χ3v) is 2.99. The fourth-order valence-electron chi connectivity index (χ4n) is 1.82. The highest BCUT2D eigenvalue weighted by Crippen LogP contribution is 2.13. The molecule has 0 fully saturated rings. The van der Waals surface area contributed by atoms with Gasteiger partial charge in [-0.25, -0.2) is 5.43 Å². The summed E-state index contributed by atoms with van der Waals surface area (Å²) >= 11 is 0. The highest BCUT2D eigenvalue weighted by atomic mass is 16.5. The summed E-state index contributed by atoms with van der Waals surface area (Å²) < 4.78 is 5.12. The molecular formula is C16H17N3O2. The number of methoxy groups -OCH3 is 1. The van der Waals surface area contributed by atoms with Gasteiger partial charge in [-0.3, -0.25) is 9.78 Å². The average molecular weight is 283 g/mol. The topological polar surface area (TPSA) is 63.6 Å². The van der Waals surface area contributed by atoms with Gasteiger partial charge in [-0.15, -0.1) is 0 Å². The van der Waals surface area contributed by atoms with E-state index < -0.39 is 0 Å². The molecule has 2 rings (SSSR count). The lowest BCUT2D eigenvalue weighted by molar-refractivity contribution is 0.0954. The largest absolute Gasteiger partial charge is 0.497 e. The van der Waals surface area contributed by atoms with Crippen molar-refractivity contribution in [2.24, 2.45) is 5.10 Å². The molecule has 1 N–H and O–H groups in total. The maximum Gasteiger partial charge on any atom is 0.271 e. The molecule has 21 heavy (non-hydrogen) atoms. The second-order valence-corrected chi connectivity index (χ2v) is 4.32. The number of amides is 1. The van der Waals surface area contributed by atoms with Crippen LogP contribution in [0.3, 0.4) is 0 Å². The highest BCUT2D eigenvalue weighted by molar-refractivity contribution is 6.02. The van der Waals surface area contributed by atoms with Gasteiger partial charge >= 0.3 is 0 Å². The summed E-state index contributed by atoms with van der Waals surface area (Å²) in [4.78, 5) is 15.8. The molecule has 0 atom stereocenters. The Morgan fingerprint density at radius 1 is 1.14 bits per heavy atom. The van der Waals surface area contributed by atoms with Crippen LogP contribution in [0.5, 0.6) is 5.75 Å². The molecule has 1 aromatic carbocycles. The third-order valence-electron chi connectivity index (χ3n) is 2.99. The molecule has 108 valence electrons. The summed E-state index contributed by atoms with van der Waals surface area (Å²) in [6, 6.07) is 10.9. The first kappa shape index (κ1) is 14.7. The van der Waals surface area contributed by atoms with Crippen molar-refractivity contribution < 1.29 is 9.53 Å². The fraction of sp³-hybridized carbons (Fsp3) is 0.188. The lowest BCUT2D eigenvalue weighted by Gasteiger charge is -2.06. The number of nitrogens with zero attached hydrogens (tertiary/aromatic N) is 2.